The SMILES string of the molecule is [C-]#[N+]c1ccc2[nH]cc(CCCN3CCN(c4ccc(-n5ccc6nc(OCC(N)=O)ccc6c5=O)cc4F)CC3)c2c1. The molecule has 6 rings (SSSR count). The quantitative estimate of drug-likeness (QED) is 0.254. The summed E-state index contributed by atoms with van der Waals surface area (Å²) >= 11 is 0. The van der Waals surface area contributed by atoms with Gasteiger partial charge in [-0.1, -0.05) is 6.07 Å². The molecule has 11 heteroatoms. The number of pyridine rings is 2. The standard InChI is InChI=1S/C32H30FN7O3/c1-35-22-4-7-27-25(17-22)21(19-36-27)3-2-11-38-13-15-39(16-14-38)29-8-5-23(18-26(29)33)40-12-10-28-24(32(40)42)6-9-31(37-28)43-20-30(34)41/h4-10,12,17-19,36H,2-3,11,13-16,20H2,(H2,34,41). The Hall–Kier alpha value is -5.21. The first-order valence-electron chi connectivity index (χ1n) is 14.1. The maximum atomic E-state index is 15.3. The van der Waals surface area contributed by atoms with Crippen molar-refractivity contribution in [2.75, 3.05) is 44.2 Å². The highest BCUT2D eigenvalue weighted by Gasteiger charge is 2.20. The third kappa shape index (κ3) is 5.91. The van der Waals surface area contributed by atoms with Crippen LogP contribution in [0.25, 0.3) is 32.3 Å². The molecule has 0 unspecified atom stereocenters. The lowest BCUT2D eigenvalue weighted by atomic mass is 10.1. The summed E-state index contributed by atoms with van der Waals surface area (Å²) in [5.74, 6) is -0.825. The Balaban J connectivity index is 1.07. The van der Waals surface area contributed by atoms with Gasteiger partial charge in [-0.2, -0.15) is 0 Å². The van der Waals surface area contributed by atoms with E-state index in [9.17, 15) is 9.59 Å². The maximum Gasteiger partial charge on any atom is 0.264 e. The van der Waals surface area contributed by atoms with Crippen LogP contribution in [0.4, 0.5) is 15.8 Å². The van der Waals surface area contributed by atoms with E-state index in [1.165, 1.54) is 22.3 Å². The van der Waals surface area contributed by atoms with E-state index in [-0.39, 0.29) is 23.9 Å². The first-order chi connectivity index (χ1) is 20.9. The van der Waals surface area contributed by atoms with Crippen LogP contribution in [0.2, 0.25) is 0 Å². The van der Waals surface area contributed by atoms with E-state index in [1.807, 2.05) is 29.3 Å². The highest BCUT2D eigenvalue weighted by Crippen LogP contribution is 2.26. The van der Waals surface area contributed by atoms with Crippen molar-refractivity contribution < 1.29 is 13.9 Å². The summed E-state index contributed by atoms with van der Waals surface area (Å²) in [5, 5.41) is 1.45. The normalized spacial score (nSPS) is 13.8. The molecule has 0 radical (unpaired) electrons. The van der Waals surface area contributed by atoms with Gasteiger partial charge in [0.25, 0.3) is 11.5 Å². The second kappa shape index (κ2) is 12.0. The molecule has 0 saturated carbocycles. The van der Waals surface area contributed by atoms with Crippen LogP contribution >= 0.6 is 0 Å². The summed E-state index contributed by atoms with van der Waals surface area (Å²) in [6.45, 7) is 11.0. The molecule has 43 heavy (non-hydrogen) atoms. The third-order valence-electron chi connectivity index (χ3n) is 7.82. The van der Waals surface area contributed by atoms with E-state index < -0.39 is 5.91 Å². The van der Waals surface area contributed by atoms with E-state index in [4.69, 9.17) is 17.0 Å². The van der Waals surface area contributed by atoms with Gasteiger partial charge in [0.15, 0.2) is 12.3 Å². The number of hydrogen-bond acceptors (Lipinski definition) is 6. The molecule has 1 aliphatic rings. The molecular weight excluding hydrogens is 549 g/mol. The molecule has 3 N–H and O–H groups in total. The molecule has 1 aliphatic heterocycles. The molecule has 1 saturated heterocycles. The van der Waals surface area contributed by atoms with Crippen LogP contribution in [-0.2, 0) is 11.2 Å². The number of hydrogen-bond donors (Lipinski definition) is 2. The number of halogens is 1. The van der Waals surface area contributed by atoms with Crippen molar-refractivity contribution in [3.63, 3.8) is 0 Å². The van der Waals surface area contributed by atoms with Crippen LogP contribution in [0.15, 0.2) is 71.8 Å². The molecule has 218 valence electrons. The maximum absolute atomic E-state index is 15.3. The minimum absolute atomic E-state index is 0.185. The molecule has 3 aromatic heterocycles. The number of benzene rings is 2. The van der Waals surface area contributed by atoms with Gasteiger partial charge in [-0.05, 0) is 66.7 Å². The van der Waals surface area contributed by atoms with Crippen LogP contribution in [0.5, 0.6) is 5.88 Å². The molecule has 5 aromatic rings. The van der Waals surface area contributed by atoms with Gasteiger partial charge in [-0.25, -0.2) is 14.2 Å². The number of rotatable bonds is 9. The van der Waals surface area contributed by atoms with Gasteiger partial charge in [0.05, 0.1) is 28.8 Å². The number of fused-ring (bicyclic) bond motifs is 2. The summed E-state index contributed by atoms with van der Waals surface area (Å²) in [7, 11) is 0. The molecule has 0 atom stereocenters. The average molecular weight is 580 g/mol. The van der Waals surface area contributed by atoms with E-state index in [1.54, 1.807) is 30.5 Å². The number of aryl methyl sites for hydroxylation is 1. The molecule has 1 fully saturated rings. The van der Waals surface area contributed by atoms with Gasteiger partial charge in [0.2, 0.25) is 5.88 Å². The number of nitrogens with two attached hydrogens (primary N) is 1. The molecule has 10 nitrogen and oxygen atoms in total. The molecule has 2 aromatic carbocycles. The zero-order valence-corrected chi connectivity index (χ0v) is 23.4. The predicted molar refractivity (Wildman–Crippen MR) is 164 cm³/mol. The Bertz CT molecular complexity index is 1920. The minimum atomic E-state index is -0.625. The second-order valence-electron chi connectivity index (χ2n) is 10.6. The fraction of sp³-hybridized carbons (Fsp3) is 0.250. The lowest BCUT2D eigenvalue weighted by molar-refractivity contribution is -0.120. The van der Waals surface area contributed by atoms with Crippen LogP contribution in [-0.4, -0.2) is 64.7 Å². The number of aromatic nitrogens is 3. The van der Waals surface area contributed by atoms with E-state index in [0.29, 0.717) is 41.1 Å². The summed E-state index contributed by atoms with van der Waals surface area (Å²) in [6.07, 6.45) is 5.50. The van der Waals surface area contributed by atoms with Gasteiger partial charge >= 0.3 is 0 Å². The number of H-pyrrole nitrogens is 1. The first kappa shape index (κ1) is 27.9. The molecule has 0 spiro atoms. The van der Waals surface area contributed by atoms with Crippen molar-refractivity contribution >= 4 is 39.1 Å². The van der Waals surface area contributed by atoms with Gasteiger partial charge in [0, 0.05) is 56.2 Å². The average Bonchev–Trinajstić information content (AvgIpc) is 3.42. The molecule has 4 heterocycles. The van der Waals surface area contributed by atoms with E-state index in [0.717, 1.165) is 43.4 Å². The van der Waals surface area contributed by atoms with Gasteiger partial charge in [0.1, 0.15) is 5.82 Å². The zero-order valence-electron chi connectivity index (χ0n) is 23.4. The Morgan fingerprint density at radius 3 is 2.67 bits per heavy atom. The highest BCUT2D eigenvalue weighted by molar-refractivity contribution is 5.86. The van der Waals surface area contributed by atoms with Crippen LogP contribution in [0, 0.1) is 12.4 Å². The van der Waals surface area contributed by atoms with Gasteiger partial charge in [-0.15, -0.1) is 0 Å². The predicted octanol–water partition coefficient (Wildman–Crippen LogP) is 4.18. The fourth-order valence-corrected chi connectivity index (χ4v) is 5.59. The lowest BCUT2D eigenvalue weighted by Gasteiger charge is -2.36. The number of carbonyl (C=O) groups excluding carboxylic acids is 1. The Morgan fingerprint density at radius 2 is 1.91 bits per heavy atom. The summed E-state index contributed by atoms with van der Waals surface area (Å²) in [5.41, 5.74) is 9.02. The number of ether oxygens (including phenoxy) is 1. The number of nitrogens with one attached hydrogen (secondary N) is 1. The van der Waals surface area contributed by atoms with Crippen molar-refractivity contribution in [1.29, 1.82) is 0 Å². The number of primary amides is 1. The number of anilines is 1. The number of amides is 1. The van der Waals surface area contributed by atoms with Crippen molar-refractivity contribution in [2.45, 2.75) is 12.8 Å². The lowest BCUT2D eigenvalue weighted by Crippen LogP contribution is -2.47. The third-order valence-corrected chi connectivity index (χ3v) is 7.82. The fourth-order valence-electron chi connectivity index (χ4n) is 5.59. The van der Waals surface area contributed by atoms with Crippen LogP contribution in [0.1, 0.15) is 12.0 Å². The topological polar surface area (TPSA) is 114 Å². The monoisotopic (exact) mass is 579 g/mol. The molecular formula is C32H30FN7O3. The molecule has 0 bridgehead atoms. The second-order valence-corrected chi connectivity index (χ2v) is 10.6. The number of carbonyl (C=O) groups is 1. The van der Waals surface area contributed by atoms with E-state index in [2.05, 4.69) is 19.7 Å². The van der Waals surface area contributed by atoms with Crippen molar-refractivity contribution in [3.05, 3.63) is 100 Å². The van der Waals surface area contributed by atoms with E-state index >= 15 is 4.39 Å². The Labute approximate surface area is 246 Å². The van der Waals surface area contributed by atoms with Crippen LogP contribution in [0.3, 0.4) is 0 Å². The van der Waals surface area contributed by atoms with Crippen molar-refractivity contribution in [2.24, 2.45) is 5.73 Å². The summed E-state index contributed by atoms with van der Waals surface area (Å²) in [6, 6.07) is 15.3. The van der Waals surface area contributed by atoms with Crippen LogP contribution < -0.4 is 20.9 Å². The number of aromatic amines is 1. The van der Waals surface area contributed by atoms with Crippen molar-refractivity contribution in [3.8, 4) is 11.6 Å². The highest BCUT2D eigenvalue weighted by atomic mass is 19.1. The summed E-state index contributed by atoms with van der Waals surface area (Å²) in [4.78, 5) is 39.6. The first-order valence-corrected chi connectivity index (χ1v) is 14.1. The van der Waals surface area contributed by atoms with Crippen molar-refractivity contribution in [1.82, 2.24) is 19.4 Å². The molecule has 0 aliphatic carbocycles. The largest absolute Gasteiger partial charge is 0.468 e. The Kier molecular flexibility index (Phi) is 7.77. The number of nitrogens with zero attached hydrogens (tertiary/aromatic N) is 5. The zero-order chi connectivity index (χ0) is 29.9. The van der Waals surface area contributed by atoms with Gasteiger partial charge < -0.3 is 20.4 Å². The van der Waals surface area contributed by atoms with Gasteiger partial charge in [-0.3, -0.25) is 19.1 Å². The minimum Gasteiger partial charge on any atom is -0.468 e. The molecule has 1 amide bonds. The Morgan fingerprint density at radius 1 is 1.07 bits per heavy atom. The smallest absolute Gasteiger partial charge is 0.264 e. The number of piperazine rings is 1. The summed E-state index contributed by atoms with van der Waals surface area (Å²) < 4.78 is 22.0.